The molecule has 170 valence electrons. The standard InChI is InChI=1S/C21H40N4O3.HI/c1-9-22-18(25-16-14-10-11-27-17(14)21(16,7)8)23-12-15(13(2)3)24-19(26)28-20(4,5)6;/h13-17H,9-12H2,1-8H3,(H,24,26)(H2,22,23,25);1H. The number of carbonyl (C=O) groups is 1. The molecule has 0 aromatic carbocycles. The van der Waals surface area contributed by atoms with E-state index >= 15 is 0 Å². The minimum absolute atomic E-state index is 0. The number of hydrogen-bond acceptors (Lipinski definition) is 4. The zero-order valence-electron chi connectivity index (χ0n) is 19.3. The van der Waals surface area contributed by atoms with Gasteiger partial charge in [-0.25, -0.2) is 4.79 Å². The highest BCUT2D eigenvalue weighted by Gasteiger charge is 2.59. The maximum absolute atomic E-state index is 12.2. The number of rotatable bonds is 6. The van der Waals surface area contributed by atoms with Gasteiger partial charge in [0.2, 0.25) is 0 Å². The van der Waals surface area contributed by atoms with Gasteiger partial charge in [-0.05, 0) is 40.0 Å². The van der Waals surface area contributed by atoms with Gasteiger partial charge >= 0.3 is 6.09 Å². The summed E-state index contributed by atoms with van der Waals surface area (Å²) in [5.74, 6) is 1.58. The van der Waals surface area contributed by atoms with E-state index < -0.39 is 11.7 Å². The van der Waals surface area contributed by atoms with E-state index in [1.54, 1.807) is 0 Å². The largest absolute Gasteiger partial charge is 0.444 e. The molecule has 3 N–H and O–H groups in total. The molecule has 4 unspecified atom stereocenters. The smallest absolute Gasteiger partial charge is 0.407 e. The number of nitrogens with zero attached hydrogens (tertiary/aromatic N) is 1. The molecule has 2 fully saturated rings. The van der Waals surface area contributed by atoms with Gasteiger partial charge in [0, 0.05) is 30.5 Å². The van der Waals surface area contributed by atoms with Crippen LogP contribution in [0.15, 0.2) is 4.99 Å². The zero-order chi connectivity index (χ0) is 21.1. The van der Waals surface area contributed by atoms with Gasteiger partial charge < -0.3 is 25.4 Å². The second kappa shape index (κ2) is 10.5. The van der Waals surface area contributed by atoms with E-state index in [2.05, 4.69) is 50.6 Å². The Bertz CT molecular complexity index is 575. The summed E-state index contributed by atoms with van der Waals surface area (Å²) < 4.78 is 11.3. The van der Waals surface area contributed by atoms with Crippen molar-refractivity contribution in [3.63, 3.8) is 0 Å². The predicted molar refractivity (Wildman–Crippen MR) is 128 cm³/mol. The lowest BCUT2D eigenvalue weighted by Gasteiger charge is -2.54. The van der Waals surface area contributed by atoms with E-state index in [0.29, 0.717) is 24.6 Å². The minimum atomic E-state index is -0.513. The summed E-state index contributed by atoms with van der Waals surface area (Å²) in [6, 6.07) is 0.247. The van der Waals surface area contributed by atoms with Gasteiger partial charge in [-0.2, -0.15) is 0 Å². The van der Waals surface area contributed by atoms with Crippen molar-refractivity contribution in [3.8, 4) is 0 Å². The molecule has 1 heterocycles. The van der Waals surface area contributed by atoms with Crippen LogP contribution in [0, 0.1) is 17.3 Å². The number of amides is 1. The van der Waals surface area contributed by atoms with Crippen molar-refractivity contribution in [3.05, 3.63) is 0 Å². The second-order valence-corrected chi connectivity index (χ2v) is 9.90. The Morgan fingerprint density at radius 1 is 1.31 bits per heavy atom. The lowest BCUT2D eigenvalue weighted by Crippen LogP contribution is -2.68. The number of nitrogens with one attached hydrogen (secondary N) is 3. The van der Waals surface area contributed by atoms with Crippen LogP contribution in [0.2, 0.25) is 0 Å². The number of fused-ring (bicyclic) bond motifs is 1. The molecule has 0 spiro atoms. The fourth-order valence-electron chi connectivity index (χ4n) is 4.16. The van der Waals surface area contributed by atoms with Crippen LogP contribution in [0.5, 0.6) is 0 Å². The summed E-state index contributed by atoms with van der Waals surface area (Å²) in [7, 11) is 0. The third-order valence-electron chi connectivity index (χ3n) is 5.69. The van der Waals surface area contributed by atoms with Gasteiger partial charge in [0.1, 0.15) is 5.60 Å². The lowest BCUT2D eigenvalue weighted by atomic mass is 9.57. The van der Waals surface area contributed by atoms with Crippen molar-refractivity contribution in [1.29, 1.82) is 0 Å². The van der Waals surface area contributed by atoms with Gasteiger partial charge in [-0.1, -0.05) is 27.7 Å². The maximum atomic E-state index is 12.2. The van der Waals surface area contributed by atoms with E-state index in [9.17, 15) is 4.79 Å². The van der Waals surface area contributed by atoms with Gasteiger partial charge in [0.15, 0.2) is 5.96 Å². The van der Waals surface area contributed by atoms with E-state index in [0.717, 1.165) is 25.5 Å². The zero-order valence-corrected chi connectivity index (χ0v) is 21.6. The van der Waals surface area contributed by atoms with Gasteiger partial charge in [0.25, 0.3) is 0 Å². The highest BCUT2D eigenvalue weighted by Crippen LogP contribution is 2.52. The van der Waals surface area contributed by atoms with Crippen LogP contribution in [0.25, 0.3) is 0 Å². The predicted octanol–water partition coefficient (Wildman–Crippen LogP) is 3.52. The molecular formula is C21H41IN4O3. The first-order chi connectivity index (χ1) is 13.0. The van der Waals surface area contributed by atoms with Crippen LogP contribution in [-0.2, 0) is 9.47 Å². The molecule has 2 aliphatic rings. The number of ether oxygens (including phenoxy) is 2. The molecule has 0 aromatic rings. The topological polar surface area (TPSA) is 84.0 Å². The highest BCUT2D eigenvalue weighted by atomic mass is 127. The summed E-state index contributed by atoms with van der Waals surface area (Å²) in [4.78, 5) is 16.9. The first-order valence-corrected chi connectivity index (χ1v) is 10.6. The van der Waals surface area contributed by atoms with Crippen molar-refractivity contribution in [1.82, 2.24) is 16.0 Å². The van der Waals surface area contributed by atoms with Crippen LogP contribution in [-0.4, -0.2) is 55.5 Å². The van der Waals surface area contributed by atoms with Gasteiger partial charge in [-0.15, -0.1) is 24.0 Å². The molecule has 2 rings (SSSR count). The first kappa shape index (κ1) is 26.3. The number of aliphatic imine (C=N–C) groups is 1. The third kappa shape index (κ3) is 6.87. The fourth-order valence-corrected chi connectivity index (χ4v) is 4.16. The maximum Gasteiger partial charge on any atom is 0.407 e. The monoisotopic (exact) mass is 524 g/mol. The summed E-state index contributed by atoms with van der Waals surface area (Å²) in [6.45, 7) is 18.4. The summed E-state index contributed by atoms with van der Waals surface area (Å²) >= 11 is 0. The van der Waals surface area contributed by atoms with Crippen LogP contribution < -0.4 is 16.0 Å². The molecule has 7 nitrogen and oxygen atoms in total. The van der Waals surface area contributed by atoms with E-state index in [4.69, 9.17) is 14.5 Å². The number of guanidine groups is 1. The number of hydrogen-bond donors (Lipinski definition) is 3. The summed E-state index contributed by atoms with van der Waals surface area (Å²) in [5, 5.41) is 9.92. The molecule has 1 saturated carbocycles. The van der Waals surface area contributed by atoms with Crippen LogP contribution in [0.3, 0.4) is 0 Å². The van der Waals surface area contributed by atoms with Crippen molar-refractivity contribution in [2.24, 2.45) is 22.2 Å². The Hall–Kier alpha value is -0.770. The molecule has 1 saturated heterocycles. The fraction of sp³-hybridized carbons (Fsp3) is 0.905. The van der Waals surface area contributed by atoms with Gasteiger partial charge in [0.05, 0.1) is 18.7 Å². The second-order valence-electron chi connectivity index (χ2n) is 9.90. The Kier molecular flexibility index (Phi) is 9.51. The van der Waals surface area contributed by atoms with Crippen LogP contribution in [0.4, 0.5) is 4.79 Å². The molecule has 1 amide bonds. The van der Waals surface area contributed by atoms with Crippen molar-refractivity contribution >= 4 is 36.0 Å². The molecule has 1 aliphatic carbocycles. The van der Waals surface area contributed by atoms with E-state index in [-0.39, 0.29) is 41.4 Å². The average Bonchev–Trinajstić information content (AvgIpc) is 3.01. The average molecular weight is 524 g/mol. The van der Waals surface area contributed by atoms with Crippen LogP contribution >= 0.6 is 24.0 Å². The Morgan fingerprint density at radius 2 is 1.97 bits per heavy atom. The number of carbonyl (C=O) groups excluding carboxylic acids is 1. The van der Waals surface area contributed by atoms with Crippen molar-refractivity contribution in [2.45, 2.75) is 85.6 Å². The Labute approximate surface area is 193 Å². The van der Waals surface area contributed by atoms with Gasteiger partial charge in [-0.3, -0.25) is 4.99 Å². The molecule has 8 heteroatoms. The molecule has 4 atom stereocenters. The summed E-state index contributed by atoms with van der Waals surface area (Å²) in [5.41, 5.74) is -0.426. The summed E-state index contributed by atoms with van der Waals surface area (Å²) in [6.07, 6.45) is 1.04. The Morgan fingerprint density at radius 3 is 2.52 bits per heavy atom. The minimum Gasteiger partial charge on any atom is -0.444 e. The number of alkyl carbamates (subject to hydrolysis) is 1. The van der Waals surface area contributed by atoms with E-state index in [1.165, 1.54) is 0 Å². The number of halogens is 1. The molecular weight excluding hydrogens is 483 g/mol. The molecule has 29 heavy (non-hydrogen) atoms. The molecule has 1 aliphatic heterocycles. The van der Waals surface area contributed by atoms with E-state index in [1.807, 2.05) is 20.8 Å². The van der Waals surface area contributed by atoms with Crippen molar-refractivity contribution < 1.29 is 14.3 Å². The molecule has 0 aromatic heterocycles. The third-order valence-corrected chi connectivity index (χ3v) is 5.69. The first-order valence-electron chi connectivity index (χ1n) is 10.6. The lowest BCUT2D eigenvalue weighted by molar-refractivity contribution is -0.106. The Balaban J connectivity index is 0.00000420. The SMILES string of the molecule is CCNC(=NCC(NC(=O)OC(C)(C)C)C(C)C)NC1C2CCOC2C1(C)C.I. The quantitative estimate of drug-likeness (QED) is 0.282. The van der Waals surface area contributed by atoms with Crippen molar-refractivity contribution in [2.75, 3.05) is 19.7 Å². The highest BCUT2D eigenvalue weighted by molar-refractivity contribution is 14.0. The molecule has 0 bridgehead atoms. The normalized spacial score (nSPS) is 26.7. The molecule has 0 radical (unpaired) electrons. The van der Waals surface area contributed by atoms with Crippen LogP contribution in [0.1, 0.15) is 61.8 Å².